The Morgan fingerprint density at radius 3 is 3.20 bits per heavy atom. The molecule has 0 atom stereocenters. The van der Waals surface area contributed by atoms with E-state index in [4.69, 9.17) is 5.11 Å². The molecule has 0 bridgehead atoms. The van der Waals surface area contributed by atoms with Crippen molar-refractivity contribution in [3.63, 3.8) is 0 Å². The van der Waals surface area contributed by atoms with Crippen LogP contribution in [-0.2, 0) is 0 Å². The smallest absolute Gasteiger partial charge is 0.160 e. The van der Waals surface area contributed by atoms with Crippen molar-refractivity contribution in [2.75, 3.05) is 0 Å². The van der Waals surface area contributed by atoms with Gasteiger partial charge in [0.25, 0.3) is 0 Å². The molecule has 0 radical (unpaired) electrons. The van der Waals surface area contributed by atoms with Crippen molar-refractivity contribution in [1.82, 2.24) is 14.6 Å². The number of pyridine rings is 1. The van der Waals surface area contributed by atoms with Gasteiger partial charge in [0.05, 0.1) is 6.20 Å². The molecule has 2 rings (SSSR count). The first-order chi connectivity index (χ1) is 4.86. The largest absolute Gasteiger partial charge is 0.506 e. The van der Waals surface area contributed by atoms with Crippen molar-refractivity contribution in [2.45, 2.75) is 0 Å². The van der Waals surface area contributed by atoms with E-state index in [1.807, 2.05) is 0 Å². The minimum absolute atomic E-state index is 0.215. The minimum Gasteiger partial charge on any atom is -0.506 e. The first-order valence-electron chi connectivity index (χ1n) is 2.84. The third-order valence-corrected chi connectivity index (χ3v) is 1.28. The maximum absolute atomic E-state index is 8.97. The first-order valence-corrected chi connectivity index (χ1v) is 2.84. The maximum Gasteiger partial charge on any atom is 0.160 e. The average molecular weight is 135 g/mol. The molecule has 0 fully saturated rings. The normalized spacial score (nSPS) is 10.4. The molecule has 0 saturated carbocycles. The second-order valence-corrected chi connectivity index (χ2v) is 1.98. The van der Waals surface area contributed by atoms with Gasteiger partial charge in [-0.2, -0.15) is 0 Å². The quantitative estimate of drug-likeness (QED) is 0.570. The van der Waals surface area contributed by atoms with Gasteiger partial charge in [-0.05, 0) is 12.1 Å². The van der Waals surface area contributed by atoms with Crippen LogP contribution in [0.2, 0.25) is 0 Å². The van der Waals surface area contributed by atoms with E-state index in [1.165, 1.54) is 6.33 Å². The Balaban J connectivity index is 2.86. The van der Waals surface area contributed by atoms with Gasteiger partial charge in [0.1, 0.15) is 12.1 Å². The second kappa shape index (κ2) is 1.70. The summed E-state index contributed by atoms with van der Waals surface area (Å²) in [4.78, 5) is 0. The average Bonchev–Trinajstić information content (AvgIpc) is 2.33. The zero-order valence-electron chi connectivity index (χ0n) is 5.10. The molecule has 0 spiro atoms. The summed E-state index contributed by atoms with van der Waals surface area (Å²) in [6.45, 7) is 0. The molecule has 2 heterocycles. The lowest BCUT2D eigenvalue weighted by Crippen LogP contribution is -1.79. The van der Waals surface area contributed by atoms with Crippen LogP contribution in [0.15, 0.2) is 24.7 Å². The van der Waals surface area contributed by atoms with Crippen molar-refractivity contribution < 1.29 is 5.11 Å². The molecule has 0 saturated heterocycles. The second-order valence-electron chi connectivity index (χ2n) is 1.98. The summed E-state index contributed by atoms with van der Waals surface area (Å²) in [6, 6.07) is 3.27. The van der Waals surface area contributed by atoms with Crippen LogP contribution in [0.25, 0.3) is 5.65 Å². The van der Waals surface area contributed by atoms with Gasteiger partial charge in [-0.3, -0.25) is 4.40 Å². The highest BCUT2D eigenvalue weighted by atomic mass is 16.3. The Kier molecular flexibility index (Phi) is 0.887. The third-order valence-electron chi connectivity index (χ3n) is 1.28. The van der Waals surface area contributed by atoms with E-state index >= 15 is 0 Å². The molecule has 50 valence electrons. The van der Waals surface area contributed by atoms with Crippen molar-refractivity contribution in [3.05, 3.63) is 24.7 Å². The topological polar surface area (TPSA) is 50.4 Å². The summed E-state index contributed by atoms with van der Waals surface area (Å²) in [5, 5.41) is 16.4. The highest BCUT2D eigenvalue weighted by molar-refractivity contribution is 5.39. The Morgan fingerprint density at radius 2 is 2.30 bits per heavy atom. The van der Waals surface area contributed by atoms with Crippen LogP contribution in [0.3, 0.4) is 0 Å². The molecule has 4 heteroatoms. The molecule has 0 aliphatic carbocycles. The molecule has 2 aromatic rings. The van der Waals surface area contributed by atoms with Crippen LogP contribution >= 0.6 is 0 Å². The van der Waals surface area contributed by atoms with Crippen molar-refractivity contribution in [2.24, 2.45) is 0 Å². The molecule has 2 aromatic heterocycles. The van der Waals surface area contributed by atoms with Crippen LogP contribution in [0.1, 0.15) is 0 Å². The molecule has 0 aliphatic rings. The number of hydrogen-bond donors (Lipinski definition) is 1. The number of rotatable bonds is 0. The van der Waals surface area contributed by atoms with Gasteiger partial charge in [0.15, 0.2) is 5.65 Å². The number of hydrogen-bond acceptors (Lipinski definition) is 3. The van der Waals surface area contributed by atoms with Gasteiger partial charge >= 0.3 is 0 Å². The van der Waals surface area contributed by atoms with Gasteiger partial charge in [-0.1, -0.05) is 0 Å². The molecular formula is C6H5N3O. The summed E-state index contributed by atoms with van der Waals surface area (Å²) < 4.78 is 1.65. The fourth-order valence-corrected chi connectivity index (χ4v) is 0.816. The lowest BCUT2D eigenvalue weighted by atomic mass is 10.4. The molecule has 1 N–H and O–H groups in total. The van der Waals surface area contributed by atoms with E-state index in [2.05, 4.69) is 10.2 Å². The zero-order valence-corrected chi connectivity index (χ0v) is 5.10. The summed E-state index contributed by atoms with van der Waals surface area (Å²) in [7, 11) is 0. The SMILES string of the molecule is Oc1ccc2nncn2c1. The van der Waals surface area contributed by atoms with Gasteiger partial charge < -0.3 is 5.11 Å². The summed E-state index contributed by atoms with van der Waals surface area (Å²) in [5.41, 5.74) is 0.734. The standard InChI is InChI=1S/C6H5N3O/c10-5-1-2-6-8-7-4-9(6)3-5/h1-4,10H. The summed E-state index contributed by atoms with van der Waals surface area (Å²) >= 11 is 0. The van der Waals surface area contributed by atoms with E-state index in [-0.39, 0.29) is 5.75 Å². The third kappa shape index (κ3) is 0.621. The van der Waals surface area contributed by atoms with E-state index in [1.54, 1.807) is 22.7 Å². The van der Waals surface area contributed by atoms with E-state index in [9.17, 15) is 0 Å². The Labute approximate surface area is 56.8 Å². The van der Waals surface area contributed by atoms with Crippen LogP contribution < -0.4 is 0 Å². The fraction of sp³-hybridized carbons (Fsp3) is 0. The molecule has 10 heavy (non-hydrogen) atoms. The highest BCUT2D eigenvalue weighted by Gasteiger charge is 1.92. The summed E-state index contributed by atoms with van der Waals surface area (Å²) in [5.74, 6) is 0.215. The zero-order chi connectivity index (χ0) is 6.97. The Bertz CT molecular complexity index is 355. The summed E-state index contributed by atoms with van der Waals surface area (Å²) in [6.07, 6.45) is 3.09. The number of fused-ring (bicyclic) bond motifs is 1. The van der Waals surface area contributed by atoms with Crippen LogP contribution in [0.4, 0.5) is 0 Å². The lowest BCUT2D eigenvalue weighted by molar-refractivity contribution is 0.472. The maximum atomic E-state index is 8.97. The van der Waals surface area contributed by atoms with Crippen molar-refractivity contribution in [1.29, 1.82) is 0 Å². The van der Waals surface area contributed by atoms with E-state index < -0.39 is 0 Å². The first kappa shape index (κ1) is 5.22. The van der Waals surface area contributed by atoms with E-state index in [0.29, 0.717) is 0 Å². The molecular weight excluding hydrogens is 130 g/mol. The molecule has 0 aliphatic heterocycles. The predicted octanol–water partition coefficient (Wildman–Crippen LogP) is 0.435. The van der Waals surface area contributed by atoms with Crippen LogP contribution in [0.5, 0.6) is 5.75 Å². The monoisotopic (exact) mass is 135 g/mol. The van der Waals surface area contributed by atoms with Gasteiger partial charge in [-0.25, -0.2) is 0 Å². The van der Waals surface area contributed by atoms with E-state index in [0.717, 1.165) is 5.65 Å². The minimum atomic E-state index is 0.215. The fourth-order valence-electron chi connectivity index (χ4n) is 0.816. The van der Waals surface area contributed by atoms with Crippen molar-refractivity contribution >= 4 is 5.65 Å². The number of nitrogens with zero attached hydrogens (tertiary/aromatic N) is 3. The van der Waals surface area contributed by atoms with Crippen molar-refractivity contribution in [3.8, 4) is 5.75 Å². The van der Waals surface area contributed by atoms with Gasteiger partial charge in [-0.15, -0.1) is 10.2 Å². The lowest BCUT2D eigenvalue weighted by Gasteiger charge is -1.90. The molecule has 0 amide bonds. The number of aromatic hydroxyl groups is 1. The Morgan fingerprint density at radius 1 is 1.40 bits per heavy atom. The number of aromatic nitrogens is 3. The van der Waals surface area contributed by atoms with Crippen LogP contribution in [0, 0.1) is 0 Å². The van der Waals surface area contributed by atoms with Crippen LogP contribution in [-0.4, -0.2) is 19.7 Å². The van der Waals surface area contributed by atoms with Gasteiger partial charge in [0, 0.05) is 0 Å². The molecule has 4 nitrogen and oxygen atoms in total. The molecule has 0 aromatic carbocycles. The van der Waals surface area contributed by atoms with Gasteiger partial charge in [0.2, 0.25) is 0 Å². The highest BCUT2D eigenvalue weighted by Crippen LogP contribution is 2.07. The molecule has 0 unspecified atom stereocenters. The predicted molar refractivity (Wildman–Crippen MR) is 34.7 cm³/mol. The Hall–Kier alpha value is -1.58.